The Labute approximate surface area is 173 Å². The number of methoxy groups -OCH3 is 3. The first-order chi connectivity index (χ1) is 14.0. The summed E-state index contributed by atoms with van der Waals surface area (Å²) in [5.74, 6) is 1.71. The van der Waals surface area contributed by atoms with E-state index in [1.165, 1.54) is 0 Å². The van der Waals surface area contributed by atoms with E-state index in [-0.39, 0.29) is 12.5 Å². The normalized spacial score (nSPS) is 10.5. The molecule has 1 N–H and O–H groups in total. The number of rotatable bonds is 7. The first-order valence-electron chi connectivity index (χ1n) is 8.78. The minimum atomic E-state index is -0.349. The molecule has 2 aromatic carbocycles. The Balaban J connectivity index is 1.90. The second-order valence-corrected chi connectivity index (χ2v) is 6.54. The van der Waals surface area contributed by atoms with E-state index in [4.69, 9.17) is 30.3 Å². The van der Waals surface area contributed by atoms with Crippen molar-refractivity contribution >= 4 is 17.5 Å². The molecule has 8 heteroatoms. The highest BCUT2D eigenvalue weighted by molar-refractivity contribution is 6.33. The second-order valence-electron chi connectivity index (χ2n) is 6.14. The van der Waals surface area contributed by atoms with Crippen molar-refractivity contribution < 1.29 is 23.5 Å². The number of carbonyl (C=O) groups excluding carboxylic acids is 1. The van der Waals surface area contributed by atoms with Crippen LogP contribution in [-0.2, 0) is 6.54 Å². The van der Waals surface area contributed by atoms with Crippen LogP contribution in [0.2, 0.25) is 5.02 Å². The molecule has 0 spiro atoms. The summed E-state index contributed by atoms with van der Waals surface area (Å²) in [4.78, 5) is 13.0. The number of benzene rings is 2. The molecular formula is C21H21ClN2O5. The van der Waals surface area contributed by atoms with Crippen LogP contribution in [0, 0.1) is 6.92 Å². The van der Waals surface area contributed by atoms with Gasteiger partial charge in [0, 0.05) is 17.7 Å². The van der Waals surface area contributed by atoms with Crippen molar-refractivity contribution in [1.82, 2.24) is 10.5 Å². The van der Waals surface area contributed by atoms with Gasteiger partial charge in [-0.1, -0.05) is 35.0 Å². The maximum Gasteiger partial charge on any atom is 0.257 e. The highest BCUT2D eigenvalue weighted by Crippen LogP contribution is 2.34. The lowest BCUT2D eigenvalue weighted by Crippen LogP contribution is -2.24. The summed E-state index contributed by atoms with van der Waals surface area (Å²) in [5.41, 5.74) is 2.01. The van der Waals surface area contributed by atoms with E-state index in [2.05, 4.69) is 10.5 Å². The molecule has 29 heavy (non-hydrogen) atoms. The van der Waals surface area contributed by atoms with E-state index in [9.17, 15) is 4.79 Å². The zero-order chi connectivity index (χ0) is 21.0. The lowest BCUT2D eigenvalue weighted by molar-refractivity contribution is 0.0949. The minimum Gasteiger partial charge on any atom is -0.496 e. The largest absolute Gasteiger partial charge is 0.496 e. The molecule has 0 aliphatic heterocycles. The maximum absolute atomic E-state index is 13.0. The maximum atomic E-state index is 13.0. The Kier molecular flexibility index (Phi) is 6.29. The zero-order valence-electron chi connectivity index (χ0n) is 16.5. The van der Waals surface area contributed by atoms with Gasteiger partial charge in [-0.3, -0.25) is 4.79 Å². The molecule has 1 amide bonds. The standard InChI is InChI=1S/C21H21ClN2O5/c1-12-19(20(24-29-12)14-7-5-6-8-16(14)22)21(25)23-11-15-17(27-3)9-13(26-2)10-18(15)28-4/h5-10H,11H2,1-4H3,(H,23,25). The summed E-state index contributed by atoms with van der Waals surface area (Å²) in [6, 6.07) is 10.6. The number of ether oxygens (including phenoxy) is 3. The summed E-state index contributed by atoms with van der Waals surface area (Å²) < 4.78 is 21.4. The van der Waals surface area contributed by atoms with Gasteiger partial charge in [0.2, 0.25) is 0 Å². The van der Waals surface area contributed by atoms with E-state index >= 15 is 0 Å². The summed E-state index contributed by atoms with van der Waals surface area (Å²) >= 11 is 6.27. The fourth-order valence-electron chi connectivity index (χ4n) is 2.99. The van der Waals surface area contributed by atoms with E-state index in [1.54, 1.807) is 58.6 Å². The predicted octanol–water partition coefficient (Wildman–Crippen LogP) is 4.26. The van der Waals surface area contributed by atoms with Gasteiger partial charge in [-0.25, -0.2) is 0 Å². The van der Waals surface area contributed by atoms with Gasteiger partial charge in [0.25, 0.3) is 5.91 Å². The summed E-state index contributed by atoms with van der Waals surface area (Å²) in [5, 5.41) is 7.38. The van der Waals surface area contributed by atoms with Crippen molar-refractivity contribution in [1.29, 1.82) is 0 Å². The van der Waals surface area contributed by atoms with Crippen LogP contribution in [0.5, 0.6) is 17.2 Å². The number of aryl methyl sites for hydroxylation is 1. The smallest absolute Gasteiger partial charge is 0.257 e. The molecule has 152 valence electrons. The van der Waals surface area contributed by atoms with Crippen LogP contribution in [0.25, 0.3) is 11.3 Å². The molecule has 0 aliphatic rings. The van der Waals surface area contributed by atoms with E-state index in [0.717, 1.165) is 0 Å². The van der Waals surface area contributed by atoms with Gasteiger partial charge in [0.1, 0.15) is 34.3 Å². The van der Waals surface area contributed by atoms with Gasteiger partial charge < -0.3 is 24.1 Å². The van der Waals surface area contributed by atoms with Gasteiger partial charge in [-0.15, -0.1) is 0 Å². The Hall–Kier alpha value is -3.19. The molecule has 3 rings (SSSR count). The Bertz CT molecular complexity index is 1010. The third kappa shape index (κ3) is 4.14. The van der Waals surface area contributed by atoms with Crippen molar-refractivity contribution in [2.24, 2.45) is 0 Å². The number of aromatic nitrogens is 1. The zero-order valence-corrected chi connectivity index (χ0v) is 17.3. The highest BCUT2D eigenvalue weighted by Gasteiger charge is 2.24. The number of carbonyl (C=O) groups is 1. The molecule has 0 unspecified atom stereocenters. The molecule has 0 radical (unpaired) electrons. The Morgan fingerprint density at radius 2 is 1.76 bits per heavy atom. The second kappa shape index (κ2) is 8.87. The highest BCUT2D eigenvalue weighted by atomic mass is 35.5. The van der Waals surface area contributed by atoms with Crippen LogP contribution in [0.1, 0.15) is 21.7 Å². The summed E-state index contributed by atoms with van der Waals surface area (Å²) in [7, 11) is 4.64. The van der Waals surface area contributed by atoms with Gasteiger partial charge >= 0.3 is 0 Å². The molecule has 1 aromatic heterocycles. The van der Waals surface area contributed by atoms with Gasteiger partial charge in [0.05, 0.1) is 38.5 Å². The number of nitrogens with one attached hydrogen (secondary N) is 1. The molecule has 3 aromatic rings. The molecule has 0 fully saturated rings. The summed E-state index contributed by atoms with van der Waals surface area (Å²) in [6.45, 7) is 1.85. The van der Waals surface area contributed by atoms with Crippen LogP contribution < -0.4 is 19.5 Å². The Morgan fingerprint density at radius 1 is 1.10 bits per heavy atom. The van der Waals surface area contributed by atoms with Gasteiger partial charge in [-0.05, 0) is 13.0 Å². The number of hydrogen-bond donors (Lipinski definition) is 1. The third-order valence-electron chi connectivity index (χ3n) is 4.46. The van der Waals surface area contributed by atoms with Crippen LogP contribution in [0.3, 0.4) is 0 Å². The first kappa shape index (κ1) is 20.5. The fraction of sp³-hybridized carbons (Fsp3) is 0.238. The fourth-order valence-corrected chi connectivity index (χ4v) is 3.21. The van der Waals surface area contributed by atoms with Crippen LogP contribution in [0.4, 0.5) is 0 Å². The monoisotopic (exact) mass is 416 g/mol. The Morgan fingerprint density at radius 3 is 2.34 bits per heavy atom. The van der Waals surface area contributed by atoms with Crippen LogP contribution in [-0.4, -0.2) is 32.4 Å². The minimum absolute atomic E-state index is 0.168. The van der Waals surface area contributed by atoms with Gasteiger partial charge in [-0.2, -0.15) is 0 Å². The first-order valence-corrected chi connectivity index (χ1v) is 9.16. The predicted molar refractivity (Wildman–Crippen MR) is 109 cm³/mol. The third-order valence-corrected chi connectivity index (χ3v) is 4.79. The van der Waals surface area contributed by atoms with E-state index in [0.29, 0.717) is 50.4 Å². The molecular weight excluding hydrogens is 396 g/mol. The topological polar surface area (TPSA) is 82.8 Å². The van der Waals surface area contributed by atoms with Crippen molar-refractivity contribution in [2.45, 2.75) is 13.5 Å². The molecule has 0 bridgehead atoms. The molecule has 1 heterocycles. The van der Waals surface area contributed by atoms with Crippen molar-refractivity contribution in [3.63, 3.8) is 0 Å². The van der Waals surface area contributed by atoms with Crippen LogP contribution >= 0.6 is 11.6 Å². The van der Waals surface area contributed by atoms with Gasteiger partial charge in [0.15, 0.2) is 0 Å². The quantitative estimate of drug-likeness (QED) is 0.619. The number of amides is 1. The number of hydrogen-bond acceptors (Lipinski definition) is 6. The van der Waals surface area contributed by atoms with Crippen molar-refractivity contribution in [3.05, 3.63) is 58.3 Å². The van der Waals surface area contributed by atoms with E-state index in [1.807, 2.05) is 6.07 Å². The number of halogens is 1. The number of nitrogens with zero attached hydrogens (tertiary/aromatic N) is 1. The SMILES string of the molecule is COc1cc(OC)c(CNC(=O)c2c(-c3ccccc3Cl)noc2C)c(OC)c1. The lowest BCUT2D eigenvalue weighted by atomic mass is 10.1. The average Bonchev–Trinajstić information content (AvgIpc) is 3.12. The average molecular weight is 417 g/mol. The molecule has 0 saturated heterocycles. The van der Waals surface area contributed by atoms with E-state index < -0.39 is 0 Å². The summed E-state index contributed by atoms with van der Waals surface area (Å²) in [6.07, 6.45) is 0. The van der Waals surface area contributed by atoms with Crippen molar-refractivity contribution in [2.75, 3.05) is 21.3 Å². The molecule has 0 aliphatic carbocycles. The molecule has 7 nitrogen and oxygen atoms in total. The molecule has 0 atom stereocenters. The van der Waals surface area contributed by atoms with Crippen LogP contribution in [0.15, 0.2) is 40.9 Å². The van der Waals surface area contributed by atoms with Crippen molar-refractivity contribution in [3.8, 4) is 28.5 Å². The molecule has 0 saturated carbocycles. The lowest BCUT2D eigenvalue weighted by Gasteiger charge is -2.15.